The molecule has 0 heterocycles. The molecule has 0 fully saturated rings. The second-order valence-corrected chi connectivity index (χ2v) is 5.02. The van der Waals surface area contributed by atoms with Crippen molar-refractivity contribution in [1.29, 1.82) is 0 Å². The Morgan fingerprint density at radius 3 is 2.84 bits per heavy atom. The molecule has 2 N–H and O–H groups in total. The van der Waals surface area contributed by atoms with Crippen molar-refractivity contribution in [3.8, 4) is 0 Å². The van der Waals surface area contributed by atoms with Crippen LogP contribution < -0.4 is 10.6 Å². The lowest BCUT2D eigenvalue weighted by molar-refractivity contribution is -0.384. The molecule has 1 rings (SSSR count). The smallest absolute Gasteiger partial charge is 0.271 e. The number of hydrogen-bond acceptors (Lipinski definition) is 3. The number of nitrogens with one attached hydrogen (secondary N) is 2. The lowest BCUT2D eigenvalue weighted by Gasteiger charge is -2.16. The molecular weight excluding hydrogens is 286 g/mol. The minimum absolute atomic E-state index is 0.0312. The predicted octanol–water partition coefficient (Wildman–Crippen LogP) is 3.72. The van der Waals surface area contributed by atoms with Crippen LogP contribution in [0.4, 0.5) is 11.4 Å². The fraction of sp³-hybridized carbons (Fsp3) is 0.417. The Kier molecular flexibility index (Phi) is 5.98. The summed E-state index contributed by atoms with van der Waals surface area (Å²) in [5, 5.41) is 17.5. The zero-order valence-corrected chi connectivity index (χ0v) is 12.3. The largest absolute Gasteiger partial charge is 0.360 e. The van der Waals surface area contributed by atoms with E-state index in [2.05, 4.69) is 17.6 Å². The molecule has 0 saturated carbocycles. The summed E-state index contributed by atoms with van der Waals surface area (Å²) in [4.78, 5) is 10.2. The maximum atomic E-state index is 10.7. The molecule has 104 valence electrons. The molecule has 0 saturated heterocycles. The molecule has 0 aliphatic rings. The molecule has 0 unspecified atom stereocenters. The van der Waals surface area contributed by atoms with Gasteiger partial charge in [0.1, 0.15) is 0 Å². The summed E-state index contributed by atoms with van der Waals surface area (Å²) >= 11 is 11.1. The van der Waals surface area contributed by atoms with E-state index in [4.69, 9.17) is 23.8 Å². The van der Waals surface area contributed by atoms with Crippen LogP contribution in [0.25, 0.3) is 0 Å². The molecule has 7 heteroatoms. The molecular formula is C12H16ClN3O2S. The summed E-state index contributed by atoms with van der Waals surface area (Å²) in [5.41, 5.74) is 0.397. The monoisotopic (exact) mass is 301 g/mol. The zero-order valence-electron chi connectivity index (χ0n) is 10.8. The van der Waals surface area contributed by atoms with Crippen LogP contribution in [0.1, 0.15) is 26.7 Å². The lowest BCUT2D eigenvalue weighted by Crippen LogP contribution is -2.35. The van der Waals surface area contributed by atoms with Gasteiger partial charge in [0, 0.05) is 18.2 Å². The van der Waals surface area contributed by atoms with Crippen LogP contribution in [0.15, 0.2) is 18.2 Å². The van der Waals surface area contributed by atoms with Crippen LogP contribution in [0.5, 0.6) is 0 Å². The second-order valence-electron chi connectivity index (χ2n) is 4.21. The SMILES string of the molecule is CCC[C@H](C)NC(=S)Nc1cc([N+](=O)[O-])ccc1Cl. The van der Waals surface area contributed by atoms with Crippen molar-refractivity contribution < 1.29 is 4.92 Å². The van der Waals surface area contributed by atoms with Gasteiger partial charge in [-0.3, -0.25) is 10.1 Å². The number of non-ortho nitro benzene ring substituents is 1. The Morgan fingerprint density at radius 1 is 1.58 bits per heavy atom. The van der Waals surface area contributed by atoms with Crippen LogP contribution in [0.3, 0.4) is 0 Å². The summed E-state index contributed by atoms with van der Waals surface area (Å²) in [6.45, 7) is 4.11. The molecule has 1 aromatic carbocycles. The molecule has 1 atom stereocenters. The number of thiocarbonyl (C=S) groups is 1. The lowest BCUT2D eigenvalue weighted by atomic mass is 10.2. The van der Waals surface area contributed by atoms with Crippen LogP contribution >= 0.6 is 23.8 Å². The average Bonchev–Trinajstić information content (AvgIpc) is 2.31. The molecule has 0 bridgehead atoms. The van der Waals surface area contributed by atoms with Crippen molar-refractivity contribution in [2.75, 3.05) is 5.32 Å². The van der Waals surface area contributed by atoms with Gasteiger partial charge in [-0.2, -0.15) is 0 Å². The van der Waals surface area contributed by atoms with Gasteiger partial charge >= 0.3 is 0 Å². The van der Waals surface area contributed by atoms with Gasteiger partial charge in [0.05, 0.1) is 15.6 Å². The van der Waals surface area contributed by atoms with Gasteiger partial charge in [-0.15, -0.1) is 0 Å². The number of hydrogen-bond donors (Lipinski definition) is 2. The fourth-order valence-electron chi connectivity index (χ4n) is 1.61. The van der Waals surface area contributed by atoms with E-state index in [0.29, 0.717) is 15.8 Å². The van der Waals surface area contributed by atoms with Crippen LogP contribution in [-0.2, 0) is 0 Å². The Hall–Kier alpha value is -1.40. The van der Waals surface area contributed by atoms with E-state index in [1.54, 1.807) is 0 Å². The third-order valence-electron chi connectivity index (χ3n) is 2.51. The first-order valence-electron chi connectivity index (χ1n) is 5.95. The number of nitrogens with zero attached hydrogens (tertiary/aromatic N) is 1. The highest BCUT2D eigenvalue weighted by atomic mass is 35.5. The Bertz CT molecular complexity index is 482. The zero-order chi connectivity index (χ0) is 14.4. The van der Waals surface area contributed by atoms with Gasteiger partial charge in [-0.05, 0) is 31.6 Å². The van der Waals surface area contributed by atoms with E-state index in [1.807, 2.05) is 6.92 Å². The molecule has 1 aromatic rings. The summed E-state index contributed by atoms with van der Waals surface area (Å²) in [5.74, 6) is 0. The molecule has 0 aliphatic heterocycles. The van der Waals surface area contributed by atoms with E-state index < -0.39 is 4.92 Å². The quantitative estimate of drug-likeness (QED) is 0.493. The number of rotatable bonds is 5. The minimum Gasteiger partial charge on any atom is -0.360 e. The van der Waals surface area contributed by atoms with Gasteiger partial charge < -0.3 is 10.6 Å². The van der Waals surface area contributed by atoms with Gasteiger partial charge in [0.25, 0.3) is 5.69 Å². The number of anilines is 1. The number of nitro benzene ring substituents is 1. The van der Waals surface area contributed by atoms with Crippen LogP contribution in [0, 0.1) is 10.1 Å². The van der Waals surface area contributed by atoms with Crippen molar-refractivity contribution in [3.05, 3.63) is 33.3 Å². The second kappa shape index (κ2) is 7.25. The highest BCUT2D eigenvalue weighted by Crippen LogP contribution is 2.26. The molecule has 0 aromatic heterocycles. The van der Waals surface area contributed by atoms with E-state index in [-0.39, 0.29) is 11.7 Å². The third kappa shape index (κ3) is 5.00. The number of nitro groups is 1. The number of benzene rings is 1. The third-order valence-corrected chi connectivity index (χ3v) is 3.06. The fourth-order valence-corrected chi connectivity index (χ4v) is 2.09. The van der Waals surface area contributed by atoms with Gasteiger partial charge in [0.15, 0.2) is 5.11 Å². The van der Waals surface area contributed by atoms with E-state index >= 15 is 0 Å². The summed E-state index contributed by atoms with van der Waals surface area (Å²) in [6.07, 6.45) is 2.04. The van der Waals surface area contributed by atoms with E-state index in [9.17, 15) is 10.1 Å². The van der Waals surface area contributed by atoms with Crippen molar-refractivity contribution >= 4 is 40.3 Å². The topological polar surface area (TPSA) is 67.2 Å². The first kappa shape index (κ1) is 15.7. The normalized spacial score (nSPS) is 11.7. The first-order valence-corrected chi connectivity index (χ1v) is 6.74. The van der Waals surface area contributed by atoms with Crippen molar-refractivity contribution in [2.45, 2.75) is 32.7 Å². The summed E-state index contributed by atoms with van der Waals surface area (Å²) in [7, 11) is 0. The minimum atomic E-state index is -0.475. The van der Waals surface area contributed by atoms with Crippen LogP contribution in [0.2, 0.25) is 5.02 Å². The predicted molar refractivity (Wildman–Crippen MR) is 81.8 cm³/mol. The molecule has 19 heavy (non-hydrogen) atoms. The van der Waals surface area contributed by atoms with Crippen molar-refractivity contribution in [3.63, 3.8) is 0 Å². The highest BCUT2D eigenvalue weighted by Gasteiger charge is 2.11. The van der Waals surface area contributed by atoms with Crippen molar-refractivity contribution in [2.24, 2.45) is 0 Å². The standard InChI is InChI=1S/C12H16ClN3O2S/c1-3-4-8(2)14-12(19)15-11-7-9(16(17)18)5-6-10(11)13/h5-8H,3-4H2,1-2H3,(H2,14,15,19)/t8-/m0/s1. The summed E-state index contributed by atoms with van der Waals surface area (Å²) < 4.78 is 0. The molecule has 0 aliphatic carbocycles. The summed E-state index contributed by atoms with van der Waals surface area (Å²) in [6, 6.07) is 4.42. The van der Waals surface area contributed by atoms with E-state index in [0.717, 1.165) is 12.8 Å². The maximum absolute atomic E-state index is 10.7. The molecule has 0 amide bonds. The average molecular weight is 302 g/mol. The van der Waals surface area contributed by atoms with Crippen molar-refractivity contribution in [1.82, 2.24) is 5.32 Å². The maximum Gasteiger partial charge on any atom is 0.271 e. The first-order chi connectivity index (χ1) is 8.93. The Morgan fingerprint density at radius 2 is 2.26 bits per heavy atom. The Labute approximate surface area is 122 Å². The highest BCUT2D eigenvalue weighted by molar-refractivity contribution is 7.80. The van der Waals surface area contributed by atoms with Crippen LogP contribution in [-0.4, -0.2) is 16.1 Å². The van der Waals surface area contributed by atoms with Gasteiger partial charge in [-0.25, -0.2) is 0 Å². The van der Waals surface area contributed by atoms with Gasteiger partial charge in [0.2, 0.25) is 0 Å². The molecule has 5 nitrogen and oxygen atoms in total. The molecule has 0 radical (unpaired) electrons. The van der Waals surface area contributed by atoms with Gasteiger partial charge in [-0.1, -0.05) is 24.9 Å². The molecule has 0 spiro atoms. The van der Waals surface area contributed by atoms with E-state index in [1.165, 1.54) is 18.2 Å². The Balaban J connectivity index is 2.73. The number of halogens is 1.